The molecule has 4 rings (SSSR count). The standard InChI is InChI=1S/C28H33FN4O3/c1-5-19-6-10-22(11-7-19)31-26(34)24-18-30-33(23-12-8-21(29)9-13-23)25(24)20-14-16-32(17-15-20)27(35)36-28(2,3)4/h6-13,18,20H,5,14-17H2,1-4H3,(H,31,34). The predicted octanol–water partition coefficient (Wildman–Crippen LogP) is 5.94. The second-order valence-corrected chi connectivity index (χ2v) is 10.1. The van der Waals surface area contributed by atoms with Crippen molar-refractivity contribution in [2.24, 2.45) is 0 Å². The lowest BCUT2D eigenvalue weighted by molar-refractivity contribution is 0.0203. The quantitative estimate of drug-likeness (QED) is 0.478. The fraction of sp³-hybridized carbons (Fsp3) is 0.393. The zero-order chi connectivity index (χ0) is 25.9. The highest BCUT2D eigenvalue weighted by Crippen LogP contribution is 2.33. The van der Waals surface area contributed by atoms with Gasteiger partial charge in [-0.15, -0.1) is 0 Å². The van der Waals surface area contributed by atoms with Crippen LogP contribution in [0.15, 0.2) is 54.7 Å². The largest absolute Gasteiger partial charge is 0.444 e. The van der Waals surface area contributed by atoms with Crippen LogP contribution in [0.2, 0.25) is 0 Å². The van der Waals surface area contributed by atoms with Crippen LogP contribution >= 0.6 is 0 Å². The first kappa shape index (κ1) is 25.4. The van der Waals surface area contributed by atoms with Gasteiger partial charge in [-0.1, -0.05) is 19.1 Å². The van der Waals surface area contributed by atoms with Crippen LogP contribution in [0.1, 0.15) is 68.1 Å². The van der Waals surface area contributed by atoms with Gasteiger partial charge >= 0.3 is 6.09 Å². The van der Waals surface area contributed by atoms with Gasteiger partial charge in [-0.3, -0.25) is 4.79 Å². The van der Waals surface area contributed by atoms with Crippen LogP contribution in [0.3, 0.4) is 0 Å². The summed E-state index contributed by atoms with van der Waals surface area (Å²) in [6.45, 7) is 8.64. The van der Waals surface area contributed by atoms with Crippen molar-refractivity contribution in [3.8, 4) is 5.69 Å². The third-order valence-corrected chi connectivity index (χ3v) is 6.28. The molecule has 1 aliphatic heterocycles. The number of ether oxygens (including phenoxy) is 1. The number of carbonyl (C=O) groups is 2. The zero-order valence-corrected chi connectivity index (χ0v) is 21.3. The normalized spacial score (nSPS) is 14.5. The topological polar surface area (TPSA) is 76.5 Å². The van der Waals surface area contributed by atoms with Crippen LogP contribution in [0, 0.1) is 5.82 Å². The molecule has 2 heterocycles. The molecule has 36 heavy (non-hydrogen) atoms. The molecule has 0 aliphatic carbocycles. The van der Waals surface area contributed by atoms with E-state index in [2.05, 4.69) is 17.3 Å². The summed E-state index contributed by atoms with van der Waals surface area (Å²) in [6.07, 6.45) is 3.45. The van der Waals surface area contributed by atoms with Crippen LogP contribution in [0.5, 0.6) is 0 Å². The van der Waals surface area contributed by atoms with E-state index in [1.165, 1.54) is 17.7 Å². The fourth-order valence-electron chi connectivity index (χ4n) is 4.40. The molecule has 2 aromatic carbocycles. The number of hydrogen-bond acceptors (Lipinski definition) is 4. The molecule has 1 aromatic heterocycles. The van der Waals surface area contributed by atoms with Crippen molar-refractivity contribution in [3.63, 3.8) is 0 Å². The van der Waals surface area contributed by atoms with Gasteiger partial charge in [0.2, 0.25) is 0 Å². The van der Waals surface area contributed by atoms with Crippen LogP contribution in [0.25, 0.3) is 5.69 Å². The molecular formula is C28H33FN4O3. The molecule has 1 saturated heterocycles. The number of benzene rings is 2. The number of likely N-dealkylation sites (tertiary alicyclic amines) is 1. The number of halogens is 1. The third-order valence-electron chi connectivity index (χ3n) is 6.28. The number of nitrogens with one attached hydrogen (secondary N) is 1. The Hall–Kier alpha value is -3.68. The molecule has 0 spiro atoms. The molecule has 0 saturated carbocycles. The van der Waals surface area contributed by atoms with Gasteiger partial charge in [0.1, 0.15) is 11.4 Å². The zero-order valence-electron chi connectivity index (χ0n) is 21.3. The Bertz CT molecular complexity index is 1210. The Balaban J connectivity index is 1.60. The summed E-state index contributed by atoms with van der Waals surface area (Å²) >= 11 is 0. The predicted molar refractivity (Wildman–Crippen MR) is 137 cm³/mol. The number of amides is 2. The van der Waals surface area contributed by atoms with E-state index in [1.807, 2.05) is 45.0 Å². The molecule has 3 aromatic rings. The molecule has 8 heteroatoms. The first-order chi connectivity index (χ1) is 17.1. The molecule has 190 valence electrons. The van der Waals surface area contributed by atoms with E-state index in [0.29, 0.717) is 42.9 Å². The molecule has 1 N–H and O–H groups in total. The van der Waals surface area contributed by atoms with Crippen LogP contribution in [-0.4, -0.2) is 45.4 Å². The van der Waals surface area contributed by atoms with Gasteiger partial charge in [0.25, 0.3) is 5.91 Å². The SMILES string of the molecule is CCc1ccc(NC(=O)c2cnn(-c3ccc(F)cc3)c2C2CCN(C(=O)OC(C)(C)C)CC2)cc1. The first-order valence-corrected chi connectivity index (χ1v) is 12.4. The van der Waals surface area contributed by atoms with Gasteiger partial charge in [0.05, 0.1) is 23.1 Å². The van der Waals surface area contributed by atoms with Gasteiger partial charge in [-0.25, -0.2) is 13.9 Å². The average Bonchev–Trinajstić information content (AvgIpc) is 3.29. The molecule has 0 radical (unpaired) electrons. The maximum atomic E-state index is 13.6. The molecule has 1 aliphatic rings. The van der Waals surface area contributed by atoms with Crippen molar-refractivity contribution < 1.29 is 18.7 Å². The summed E-state index contributed by atoms with van der Waals surface area (Å²) in [6, 6.07) is 13.8. The van der Waals surface area contributed by atoms with E-state index in [4.69, 9.17) is 4.74 Å². The van der Waals surface area contributed by atoms with E-state index in [1.54, 1.807) is 27.9 Å². The van der Waals surface area contributed by atoms with Crippen molar-refractivity contribution in [1.82, 2.24) is 14.7 Å². The summed E-state index contributed by atoms with van der Waals surface area (Å²) in [4.78, 5) is 27.6. The summed E-state index contributed by atoms with van der Waals surface area (Å²) in [5.41, 5.74) is 3.23. The Morgan fingerprint density at radius 2 is 1.69 bits per heavy atom. The van der Waals surface area contributed by atoms with Crippen molar-refractivity contribution in [2.45, 2.75) is 58.5 Å². The summed E-state index contributed by atoms with van der Waals surface area (Å²) in [7, 11) is 0. The highest BCUT2D eigenvalue weighted by Gasteiger charge is 2.32. The van der Waals surface area contributed by atoms with Crippen LogP contribution in [-0.2, 0) is 11.2 Å². The maximum absolute atomic E-state index is 13.6. The molecule has 0 bridgehead atoms. The Morgan fingerprint density at radius 1 is 1.06 bits per heavy atom. The highest BCUT2D eigenvalue weighted by atomic mass is 19.1. The van der Waals surface area contributed by atoms with E-state index in [0.717, 1.165) is 12.1 Å². The molecule has 0 unspecified atom stereocenters. The number of piperidine rings is 1. The first-order valence-electron chi connectivity index (χ1n) is 12.4. The lowest BCUT2D eigenvalue weighted by Crippen LogP contribution is -2.41. The Kier molecular flexibility index (Phi) is 7.43. The number of anilines is 1. The number of aromatic nitrogens is 2. The van der Waals surface area contributed by atoms with Gasteiger partial charge < -0.3 is 15.0 Å². The molecule has 7 nitrogen and oxygen atoms in total. The second-order valence-electron chi connectivity index (χ2n) is 10.1. The minimum Gasteiger partial charge on any atom is -0.444 e. The lowest BCUT2D eigenvalue weighted by Gasteiger charge is -2.34. The molecule has 0 atom stereocenters. The van der Waals surface area contributed by atoms with Crippen LogP contribution < -0.4 is 5.32 Å². The maximum Gasteiger partial charge on any atom is 0.410 e. The molecule has 1 fully saturated rings. The van der Waals surface area contributed by atoms with Gasteiger partial charge in [0, 0.05) is 24.7 Å². The molecule has 2 amide bonds. The fourth-order valence-corrected chi connectivity index (χ4v) is 4.40. The van der Waals surface area contributed by atoms with Crippen molar-refractivity contribution in [1.29, 1.82) is 0 Å². The summed E-state index contributed by atoms with van der Waals surface area (Å²) in [5, 5.41) is 7.49. The Morgan fingerprint density at radius 3 is 2.28 bits per heavy atom. The lowest BCUT2D eigenvalue weighted by atomic mass is 9.90. The van der Waals surface area contributed by atoms with Gasteiger partial charge in [-0.05, 0) is 82.0 Å². The number of rotatable bonds is 5. The van der Waals surface area contributed by atoms with Crippen molar-refractivity contribution in [2.75, 3.05) is 18.4 Å². The summed E-state index contributed by atoms with van der Waals surface area (Å²) in [5.74, 6) is -0.608. The van der Waals surface area contributed by atoms with E-state index in [9.17, 15) is 14.0 Å². The average molecular weight is 493 g/mol. The van der Waals surface area contributed by atoms with Crippen molar-refractivity contribution >= 4 is 17.7 Å². The smallest absolute Gasteiger partial charge is 0.410 e. The highest BCUT2D eigenvalue weighted by molar-refractivity contribution is 6.05. The summed E-state index contributed by atoms with van der Waals surface area (Å²) < 4.78 is 20.8. The van der Waals surface area contributed by atoms with Gasteiger partial charge in [-0.2, -0.15) is 5.10 Å². The minimum absolute atomic E-state index is 0.0144. The number of aryl methyl sites for hydroxylation is 1. The van der Waals surface area contributed by atoms with E-state index in [-0.39, 0.29) is 23.7 Å². The second kappa shape index (κ2) is 10.5. The van der Waals surface area contributed by atoms with Gasteiger partial charge in [0.15, 0.2) is 0 Å². The Labute approximate surface area is 211 Å². The number of carbonyl (C=O) groups excluding carboxylic acids is 2. The molecular weight excluding hydrogens is 459 g/mol. The minimum atomic E-state index is -0.560. The monoisotopic (exact) mass is 492 g/mol. The number of nitrogens with zero attached hydrogens (tertiary/aromatic N) is 3. The third kappa shape index (κ3) is 5.93. The van der Waals surface area contributed by atoms with E-state index >= 15 is 0 Å². The van der Waals surface area contributed by atoms with E-state index < -0.39 is 5.60 Å². The van der Waals surface area contributed by atoms with Crippen LogP contribution in [0.4, 0.5) is 14.9 Å². The van der Waals surface area contributed by atoms with Crippen molar-refractivity contribution in [3.05, 3.63) is 77.4 Å². The number of hydrogen-bond donors (Lipinski definition) is 1.